The van der Waals surface area contributed by atoms with E-state index < -0.39 is 0 Å². The number of benzene rings is 2. The quantitative estimate of drug-likeness (QED) is 0.396. The minimum Gasteiger partial charge on any atom is -0.493 e. The monoisotopic (exact) mass is 447 g/mol. The van der Waals surface area contributed by atoms with Crippen LogP contribution < -0.4 is 20.5 Å². The standard InChI is InChI=1S/C25H25N3O5/c1-12(2)28-24-21(25(30)27-28)20(14-6-9-17(32-13(3)4)19(10-14)31-5)23-22(26-24)16-8-7-15(29)11-18(16)33-23/h6-13,26H,1-5H3,(H,27,30). The summed E-state index contributed by atoms with van der Waals surface area (Å²) >= 11 is 0. The van der Waals surface area contributed by atoms with E-state index in [1.807, 2.05) is 45.9 Å². The van der Waals surface area contributed by atoms with Crippen LogP contribution in [0.25, 0.3) is 44.2 Å². The van der Waals surface area contributed by atoms with Gasteiger partial charge >= 0.3 is 0 Å². The zero-order chi connectivity index (χ0) is 23.4. The van der Waals surface area contributed by atoms with Crippen molar-refractivity contribution < 1.29 is 13.9 Å². The first kappa shape index (κ1) is 20.9. The van der Waals surface area contributed by atoms with Crippen molar-refractivity contribution in [1.82, 2.24) is 14.8 Å². The lowest BCUT2D eigenvalue weighted by atomic mass is 10.0. The van der Waals surface area contributed by atoms with Crippen LogP contribution >= 0.6 is 0 Å². The smallest absolute Gasteiger partial charge is 0.274 e. The highest BCUT2D eigenvalue weighted by Crippen LogP contribution is 2.41. The highest BCUT2D eigenvalue weighted by molar-refractivity contribution is 6.14. The summed E-state index contributed by atoms with van der Waals surface area (Å²) in [7, 11) is 1.58. The Morgan fingerprint density at radius 1 is 1.00 bits per heavy atom. The third-order valence-corrected chi connectivity index (χ3v) is 5.64. The Balaban J connectivity index is 1.93. The number of aromatic nitrogens is 3. The minimum absolute atomic E-state index is 0.0134. The fourth-order valence-corrected chi connectivity index (χ4v) is 4.25. The molecule has 170 valence electrons. The van der Waals surface area contributed by atoms with E-state index in [1.165, 1.54) is 12.1 Å². The highest BCUT2D eigenvalue weighted by Gasteiger charge is 2.23. The molecular formula is C25H25N3O5. The maximum atomic E-state index is 13.1. The van der Waals surface area contributed by atoms with Crippen LogP contribution in [0.2, 0.25) is 0 Å². The van der Waals surface area contributed by atoms with E-state index in [0.717, 1.165) is 10.9 Å². The van der Waals surface area contributed by atoms with Crippen LogP contribution in [0.1, 0.15) is 33.7 Å². The Kier molecular flexibility index (Phi) is 4.81. The molecular weight excluding hydrogens is 422 g/mol. The van der Waals surface area contributed by atoms with Gasteiger partial charge in [-0.15, -0.1) is 0 Å². The number of ether oxygens (including phenoxy) is 2. The summed E-state index contributed by atoms with van der Waals surface area (Å²) in [5, 5.41) is 4.17. The molecule has 0 aliphatic heterocycles. The Morgan fingerprint density at radius 2 is 1.79 bits per heavy atom. The van der Waals surface area contributed by atoms with Gasteiger partial charge in [-0.05, 0) is 57.5 Å². The number of nitrogens with zero attached hydrogens (tertiary/aromatic N) is 1. The number of H-pyrrole nitrogens is 2. The summed E-state index contributed by atoms with van der Waals surface area (Å²) in [4.78, 5) is 28.5. The molecule has 3 heterocycles. The van der Waals surface area contributed by atoms with Crippen molar-refractivity contribution in [2.24, 2.45) is 0 Å². The first-order valence-electron chi connectivity index (χ1n) is 10.9. The molecule has 0 amide bonds. The number of aromatic amines is 2. The second-order valence-corrected chi connectivity index (χ2v) is 8.62. The van der Waals surface area contributed by atoms with Crippen molar-refractivity contribution in [3.8, 4) is 22.6 Å². The fourth-order valence-electron chi connectivity index (χ4n) is 4.25. The van der Waals surface area contributed by atoms with E-state index in [2.05, 4.69) is 10.1 Å². The molecule has 8 nitrogen and oxygen atoms in total. The molecule has 0 aliphatic rings. The Bertz CT molecular complexity index is 1630. The molecule has 0 radical (unpaired) electrons. The van der Waals surface area contributed by atoms with Gasteiger partial charge in [0.1, 0.15) is 11.2 Å². The summed E-state index contributed by atoms with van der Waals surface area (Å²) < 4.78 is 19.4. The molecule has 2 aromatic carbocycles. The van der Waals surface area contributed by atoms with Gasteiger partial charge < -0.3 is 18.9 Å². The number of methoxy groups -OCH3 is 1. The van der Waals surface area contributed by atoms with Crippen LogP contribution in [0.5, 0.6) is 11.5 Å². The second-order valence-electron chi connectivity index (χ2n) is 8.62. The maximum Gasteiger partial charge on any atom is 0.274 e. The zero-order valence-electron chi connectivity index (χ0n) is 19.1. The summed E-state index contributed by atoms with van der Waals surface area (Å²) in [5.74, 6) is 1.16. The van der Waals surface area contributed by atoms with Crippen LogP contribution in [-0.4, -0.2) is 28.0 Å². The van der Waals surface area contributed by atoms with E-state index in [9.17, 15) is 9.59 Å². The third kappa shape index (κ3) is 3.29. The molecule has 5 aromatic rings. The molecule has 0 saturated heterocycles. The Morgan fingerprint density at radius 3 is 2.48 bits per heavy atom. The molecule has 0 atom stereocenters. The first-order valence-corrected chi connectivity index (χ1v) is 10.9. The number of fused-ring (bicyclic) bond motifs is 4. The largest absolute Gasteiger partial charge is 0.493 e. The molecule has 0 bridgehead atoms. The van der Waals surface area contributed by atoms with E-state index in [4.69, 9.17) is 13.9 Å². The van der Waals surface area contributed by atoms with Crippen LogP contribution in [0.4, 0.5) is 0 Å². The Labute approximate surface area is 188 Å². The second kappa shape index (κ2) is 7.58. The minimum atomic E-state index is -0.238. The number of rotatable bonds is 5. The van der Waals surface area contributed by atoms with Crippen molar-refractivity contribution in [3.05, 3.63) is 57.0 Å². The highest BCUT2D eigenvalue weighted by atomic mass is 16.5. The van der Waals surface area contributed by atoms with Gasteiger partial charge in [0.25, 0.3) is 5.56 Å². The molecule has 8 heteroatoms. The number of pyridine rings is 1. The average Bonchev–Trinajstić information content (AvgIpc) is 3.29. The summed E-state index contributed by atoms with van der Waals surface area (Å²) in [6, 6.07) is 10.3. The normalized spacial score (nSPS) is 12.0. The van der Waals surface area contributed by atoms with Crippen molar-refractivity contribution in [2.45, 2.75) is 39.8 Å². The molecule has 0 saturated carbocycles. The van der Waals surface area contributed by atoms with Gasteiger partial charge in [0, 0.05) is 23.1 Å². The van der Waals surface area contributed by atoms with E-state index in [-0.39, 0.29) is 23.1 Å². The van der Waals surface area contributed by atoms with Gasteiger partial charge in [-0.25, -0.2) is 0 Å². The predicted molar refractivity (Wildman–Crippen MR) is 129 cm³/mol. The lowest BCUT2D eigenvalue weighted by molar-refractivity contribution is 0.230. The zero-order valence-corrected chi connectivity index (χ0v) is 19.1. The summed E-state index contributed by atoms with van der Waals surface area (Å²) in [6.45, 7) is 7.87. The van der Waals surface area contributed by atoms with Crippen LogP contribution in [-0.2, 0) is 0 Å². The maximum absolute atomic E-state index is 13.1. The number of hydrogen-bond acceptors (Lipinski definition) is 5. The van der Waals surface area contributed by atoms with Gasteiger partial charge in [-0.1, -0.05) is 6.07 Å². The molecule has 5 rings (SSSR count). The lowest BCUT2D eigenvalue weighted by Crippen LogP contribution is -2.08. The van der Waals surface area contributed by atoms with Gasteiger partial charge in [0.2, 0.25) is 0 Å². The SMILES string of the molecule is COc1cc(-c2c3oc4cc(=O)ccc4c3[nH]c3c2c(=O)[nH]n3C(C)C)ccc1OC(C)C. The lowest BCUT2D eigenvalue weighted by Gasteiger charge is -2.15. The molecule has 2 N–H and O–H groups in total. The van der Waals surface area contributed by atoms with Crippen molar-refractivity contribution in [3.63, 3.8) is 0 Å². The molecule has 0 spiro atoms. The summed E-state index contributed by atoms with van der Waals surface area (Å²) in [5.41, 5.74) is 3.29. The number of nitrogens with one attached hydrogen (secondary N) is 2. The van der Waals surface area contributed by atoms with E-state index in [1.54, 1.807) is 17.9 Å². The van der Waals surface area contributed by atoms with Crippen LogP contribution in [0.3, 0.4) is 0 Å². The van der Waals surface area contributed by atoms with Crippen molar-refractivity contribution in [2.75, 3.05) is 7.11 Å². The molecule has 33 heavy (non-hydrogen) atoms. The average molecular weight is 447 g/mol. The predicted octanol–water partition coefficient (Wildman–Crippen LogP) is 4.96. The Hall–Kier alpha value is -3.94. The number of hydrogen-bond donors (Lipinski definition) is 2. The van der Waals surface area contributed by atoms with Gasteiger partial charge in [0.05, 0.1) is 24.1 Å². The summed E-state index contributed by atoms with van der Waals surface area (Å²) in [6.07, 6.45) is -0.0194. The number of furan rings is 1. The van der Waals surface area contributed by atoms with E-state index in [0.29, 0.717) is 44.8 Å². The molecule has 3 aromatic heterocycles. The third-order valence-electron chi connectivity index (χ3n) is 5.64. The van der Waals surface area contributed by atoms with Crippen LogP contribution in [0.15, 0.2) is 50.4 Å². The van der Waals surface area contributed by atoms with Crippen LogP contribution in [0, 0.1) is 0 Å². The topological polar surface area (TPSA) is 102 Å². The first-order chi connectivity index (χ1) is 15.8. The fraction of sp³-hybridized carbons (Fsp3) is 0.280. The van der Waals surface area contributed by atoms with Gasteiger partial charge in [-0.2, -0.15) is 0 Å². The van der Waals surface area contributed by atoms with Crippen molar-refractivity contribution >= 4 is 33.1 Å². The van der Waals surface area contributed by atoms with Gasteiger partial charge in [-0.3, -0.25) is 19.4 Å². The molecule has 0 aliphatic carbocycles. The van der Waals surface area contributed by atoms with Gasteiger partial charge in [0.15, 0.2) is 22.5 Å². The molecule has 0 unspecified atom stereocenters. The van der Waals surface area contributed by atoms with E-state index >= 15 is 0 Å². The molecule has 0 fully saturated rings. The van der Waals surface area contributed by atoms with Crippen molar-refractivity contribution in [1.29, 1.82) is 0 Å².